The van der Waals surface area contributed by atoms with Gasteiger partial charge < -0.3 is 10.4 Å². The van der Waals surface area contributed by atoms with Crippen LogP contribution in [0.4, 0.5) is 8.78 Å². The van der Waals surface area contributed by atoms with Crippen LogP contribution in [-0.4, -0.2) is 23.7 Å². The molecule has 0 heterocycles. The maximum Gasteiger partial charge on any atom is 0.257 e. The molecule has 0 aliphatic rings. The molecule has 0 fully saturated rings. The minimum atomic E-state index is -0.911. The summed E-state index contributed by atoms with van der Waals surface area (Å²) >= 11 is 0. The van der Waals surface area contributed by atoms with E-state index in [1.54, 1.807) is 0 Å². The Hall–Kier alpha value is -1.49. The summed E-state index contributed by atoms with van der Waals surface area (Å²) in [6.07, 6.45) is -0.764. The maximum atomic E-state index is 13.5. The van der Waals surface area contributed by atoms with Crippen LogP contribution in [0.25, 0.3) is 0 Å². The lowest BCUT2D eigenvalue weighted by Gasteiger charge is -2.09. The Bertz CT molecular complexity index is 405. The Labute approximate surface area is 92.1 Å². The first kappa shape index (κ1) is 12.6. The molecule has 0 radical (unpaired) electrons. The van der Waals surface area contributed by atoms with E-state index in [1.807, 2.05) is 0 Å². The van der Waals surface area contributed by atoms with Crippen LogP contribution in [0.15, 0.2) is 12.1 Å². The van der Waals surface area contributed by atoms with Gasteiger partial charge in [-0.2, -0.15) is 0 Å². The number of nitrogens with one attached hydrogen (secondary N) is 1. The number of aliphatic hydroxyl groups excluding tert-OH is 1. The lowest BCUT2D eigenvalue weighted by Crippen LogP contribution is -2.32. The van der Waals surface area contributed by atoms with Gasteiger partial charge in [0.15, 0.2) is 0 Å². The van der Waals surface area contributed by atoms with Crippen molar-refractivity contribution in [1.82, 2.24) is 5.32 Å². The molecule has 1 amide bonds. The summed E-state index contributed by atoms with van der Waals surface area (Å²) in [5.41, 5.74) is -0.413. The monoisotopic (exact) mass is 229 g/mol. The number of amides is 1. The average molecular weight is 229 g/mol. The molecule has 0 aromatic heterocycles. The summed E-state index contributed by atoms with van der Waals surface area (Å²) in [5.74, 6) is -2.64. The molecular formula is C11H13F2NO2. The molecule has 1 aromatic rings. The van der Waals surface area contributed by atoms with Crippen molar-refractivity contribution in [2.24, 2.45) is 0 Å². The van der Waals surface area contributed by atoms with Crippen molar-refractivity contribution in [3.05, 3.63) is 34.9 Å². The van der Waals surface area contributed by atoms with E-state index in [4.69, 9.17) is 5.11 Å². The minimum Gasteiger partial charge on any atom is -0.392 e. The molecule has 3 nitrogen and oxygen atoms in total. The molecule has 0 aliphatic heterocycles. The van der Waals surface area contributed by atoms with Crippen molar-refractivity contribution < 1.29 is 18.7 Å². The van der Waals surface area contributed by atoms with E-state index in [9.17, 15) is 13.6 Å². The number of carbonyl (C=O) groups excluding carboxylic acids is 1. The second kappa shape index (κ2) is 5.03. The van der Waals surface area contributed by atoms with E-state index in [0.29, 0.717) is 0 Å². The number of aliphatic hydroxyl groups is 1. The number of halogens is 2. The van der Waals surface area contributed by atoms with Gasteiger partial charge in [0, 0.05) is 6.54 Å². The van der Waals surface area contributed by atoms with Gasteiger partial charge in [-0.1, -0.05) is 6.07 Å². The predicted molar refractivity (Wildman–Crippen MR) is 55.1 cm³/mol. The van der Waals surface area contributed by atoms with Crippen molar-refractivity contribution in [2.75, 3.05) is 6.54 Å². The van der Waals surface area contributed by atoms with Crippen LogP contribution in [0.2, 0.25) is 0 Å². The summed E-state index contributed by atoms with van der Waals surface area (Å²) < 4.78 is 26.7. The van der Waals surface area contributed by atoms with Crippen molar-refractivity contribution in [1.29, 1.82) is 0 Å². The third-order valence-corrected chi connectivity index (χ3v) is 2.07. The molecule has 16 heavy (non-hydrogen) atoms. The summed E-state index contributed by atoms with van der Waals surface area (Å²) in [5, 5.41) is 11.2. The van der Waals surface area contributed by atoms with Crippen molar-refractivity contribution in [3.63, 3.8) is 0 Å². The molecule has 2 N–H and O–H groups in total. The number of carbonyl (C=O) groups is 1. The Kier molecular flexibility index (Phi) is 3.95. The van der Waals surface area contributed by atoms with E-state index in [0.717, 1.165) is 6.07 Å². The van der Waals surface area contributed by atoms with Crippen molar-refractivity contribution in [3.8, 4) is 0 Å². The molecule has 88 valence electrons. The minimum absolute atomic E-state index is 0.0499. The topological polar surface area (TPSA) is 49.3 Å². The Morgan fingerprint density at radius 3 is 2.69 bits per heavy atom. The van der Waals surface area contributed by atoms with Gasteiger partial charge in [0.05, 0.1) is 6.10 Å². The molecular weight excluding hydrogens is 216 g/mol. The van der Waals surface area contributed by atoms with Gasteiger partial charge in [0.1, 0.15) is 17.2 Å². The largest absolute Gasteiger partial charge is 0.392 e. The zero-order valence-electron chi connectivity index (χ0n) is 9.05. The lowest BCUT2D eigenvalue weighted by molar-refractivity contribution is 0.0915. The van der Waals surface area contributed by atoms with Gasteiger partial charge in [-0.05, 0) is 25.5 Å². The normalized spacial score (nSPS) is 12.3. The first-order valence-electron chi connectivity index (χ1n) is 4.84. The van der Waals surface area contributed by atoms with Crippen molar-refractivity contribution >= 4 is 5.91 Å². The van der Waals surface area contributed by atoms with Gasteiger partial charge in [0.25, 0.3) is 5.91 Å². The van der Waals surface area contributed by atoms with E-state index < -0.39 is 29.2 Å². The van der Waals surface area contributed by atoms with Crippen LogP contribution in [0.3, 0.4) is 0 Å². The van der Waals surface area contributed by atoms with Gasteiger partial charge in [-0.3, -0.25) is 4.79 Å². The second-order valence-electron chi connectivity index (χ2n) is 3.61. The van der Waals surface area contributed by atoms with E-state index in [2.05, 4.69) is 5.32 Å². The van der Waals surface area contributed by atoms with Crippen LogP contribution >= 0.6 is 0 Å². The SMILES string of the molecule is Cc1ccc(F)c(C(=O)NC[C@@H](C)O)c1F. The van der Waals surface area contributed by atoms with Crippen LogP contribution in [0.1, 0.15) is 22.8 Å². The fraction of sp³-hybridized carbons (Fsp3) is 0.364. The van der Waals surface area contributed by atoms with E-state index >= 15 is 0 Å². The number of hydrogen-bond acceptors (Lipinski definition) is 2. The second-order valence-corrected chi connectivity index (χ2v) is 3.61. The third-order valence-electron chi connectivity index (χ3n) is 2.07. The van der Waals surface area contributed by atoms with E-state index in [-0.39, 0.29) is 12.1 Å². The highest BCUT2D eigenvalue weighted by atomic mass is 19.1. The van der Waals surface area contributed by atoms with Gasteiger partial charge in [0.2, 0.25) is 0 Å². The molecule has 0 aliphatic carbocycles. The number of hydrogen-bond donors (Lipinski definition) is 2. The first-order chi connectivity index (χ1) is 7.43. The maximum absolute atomic E-state index is 13.5. The fourth-order valence-electron chi connectivity index (χ4n) is 1.19. The van der Waals surface area contributed by atoms with Gasteiger partial charge in [-0.15, -0.1) is 0 Å². The molecule has 0 spiro atoms. The number of rotatable bonds is 3. The molecule has 1 aromatic carbocycles. The average Bonchev–Trinajstić information content (AvgIpc) is 2.21. The zero-order valence-corrected chi connectivity index (χ0v) is 9.05. The molecule has 0 saturated carbocycles. The standard InChI is InChI=1S/C11H13F2NO2/c1-6-3-4-8(12)9(10(6)13)11(16)14-5-7(2)15/h3-4,7,15H,5H2,1-2H3,(H,14,16)/t7-/m1/s1. The highest BCUT2D eigenvalue weighted by Crippen LogP contribution is 2.15. The summed E-state index contributed by atoms with van der Waals surface area (Å²) in [4.78, 5) is 11.4. The summed E-state index contributed by atoms with van der Waals surface area (Å²) in [7, 11) is 0. The fourth-order valence-corrected chi connectivity index (χ4v) is 1.19. The lowest BCUT2D eigenvalue weighted by atomic mass is 10.1. The Morgan fingerprint density at radius 2 is 2.12 bits per heavy atom. The Balaban J connectivity index is 2.95. The van der Waals surface area contributed by atoms with Gasteiger partial charge in [-0.25, -0.2) is 8.78 Å². The molecule has 0 saturated heterocycles. The van der Waals surface area contributed by atoms with Crippen LogP contribution in [-0.2, 0) is 0 Å². The van der Waals surface area contributed by atoms with Crippen LogP contribution in [0, 0.1) is 18.6 Å². The zero-order chi connectivity index (χ0) is 12.3. The quantitative estimate of drug-likeness (QED) is 0.822. The number of aryl methyl sites for hydroxylation is 1. The molecule has 5 heteroatoms. The molecule has 1 atom stereocenters. The van der Waals surface area contributed by atoms with Crippen LogP contribution < -0.4 is 5.32 Å². The van der Waals surface area contributed by atoms with Crippen LogP contribution in [0.5, 0.6) is 0 Å². The highest BCUT2D eigenvalue weighted by Gasteiger charge is 2.18. The van der Waals surface area contributed by atoms with Crippen molar-refractivity contribution in [2.45, 2.75) is 20.0 Å². The molecule has 0 bridgehead atoms. The number of benzene rings is 1. The predicted octanol–water partition coefficient (Wildman–Crippen LogP) is 1.38. The molecule has 1 rings (SSSR count). The Morgan fingerprint density at radius 1 is 1.50 bits per heavy atom. The third kappa shape index (κ3) is 2.76. The van der Waals surface area contributed by atoms with E-state index in [1.165, 1.54) is 19.9 Å². The van der Waals surface area contributed by atoms with Gasteiger partial charge >= 0.3 is 0 Å². The summed E-state index contributed by atoms with van der Waals surface area (Å²) in [6.45, 7) is 2.86. The first-order valence-corrected chi connectivity index (χ1v) is 4.84. The molecule has 0 unspecified atom stereocenters. The smallest absolute Gasteiger partial charge is 0.257 e. The summed E-state index contributed by atoms with van der Waals surface area (Å²) in [6, 6.07) is 2.30. The highest BCUT2D eigenvalue weighted by molar-refractivity contribution is 5.94.